The van der Waals surface area contributed by atoms with E-state index in [0.29, 0.717) is 23.0 Å². The number of phenols is 2. The van der Waals surface area contributed by atoms with Gasteiger partial charge in [-0.3, -0.25) is 0 Å². The van der Waals surface area contributed by atoms with Crippen LogP contribution in [0.15, 0.2) is 24.3 Å². The molecule has 0 saturated heterocycles. The minimum absolute atomic E-state index is 0.0620. The number of aromatic hydroxyl groups is 2. The van der Waals surface area contributed by atoms with Crippen molar-refractivity contribution < 1.29 is 29.2 Å². The van der Waals surface area contributed by atoms with Gasteiger partial charge in [-0.15, -0.1) is 0 Å². The second-order valence-electron chi connectivity index (χ2n) is 4.69. The molecule has 2 aromatic rings. The lowest BCUT2D eigenvalue weighted by atomic mass is 10.0. The molecule has 6 heteroatoms. The van der Waals surface area contributed by atoms with Crippen molar-refractivity contribution in [3.63, 3.8) is 0 Å². The zero-order valence-electron chi connectivity index (χ0n) is 13.4. The Balaban J connectivity index is 2.43. The Labute approximate surface area is 134 Å². The Morgan fingerprint density at radius 2 is 0.870 bits per heavy atom. The van der Waals surface area contributed by atoms with Crippen LogP contribution in [0.2, 0.25) is 0 Å². The summed E-state index contributed by atoms with van der Waals surface area (Å²) in [6, 6.07) is 6.68. The highest BCUT2D eigenvalue weighted by Gasteiger charge is 2.15. The minimum Gasteiger partial charge on any atom is -0.502 e. The number of phenolic OH excluding ortho intramolecular Hbond substituents is 2. The lowest BCUT2D eigenvalue weighted by molar-refractivity contribution is 0.339. The number of hydrogen-bond acceptors (Lipinski definition) is 6. The third-order valence-electron chi connectivity index (χ3n) is 3.34. The fourth-order valence-corrected chi connectivity index (χ4v) is 2.19. The van der Waals surface area contributed by atoms with Gasteiger partial charge in [0, 0.05) is 6.42 Å². The molecule has 23 heavy (non-hydrogen) atoms. The Hall–Kier alpha value is -2.76. The van der Waals surface area contributed by atoms with Gasteiger partial charge < -0.3 is 29.2 Å². The summed E-state index contributed by atoms with van der Waals surface area (Å²) in [5, 5.41) is 19.9. The molecule has 2 rings (SSSR count). The van der Waals surface area contributed by atoms with Crippen LogP contribution >= 0.6 is 0 Å². The Morgan fingerprint density at radius 1 is 0.609 bits per heavy atom. The standard InChI is InChI=1S/C17H19O6/c1-20-12-6-10(7-13(21-2)16(12)18)5-11-8-14(22-3)17(19)15(9-11)23-4/h5-9,18-19H,1-4H3. The van der Waals surface area contributed by atoms with Crippen molar-refractivity contribution in [2.24, 2.45) is 0 Å². The van der Waals surface area contributed by atoms with Crippen molar-refractivity contribution in [2.75, 3.05) is 28.4 Å². The Bertz CT molecular complexity index is 586. The van der Waals surface area contributed by atoms with Gasteiger partial charge in [-0.2, -0.15) is 0 Å². The topological polar surface area (TPSA) is 77.4 Å². The van der Waals surface area contributed by atoms with E-state index in [1.165, 1.54) is 28.4 Å². The number of hydrogen-bond donors (Lipinski definition) is 2. The zero-order valence-corrected chi connectivity index (χ0v) is 13.4. The summed E-state index contributed by atoms with van der Waals surface area (Å²) < 4.78 is 20.5. The number of rotatable bonds is 6. The van der Waals surface area contributed by atoms with Gasteiger partial charge in [-0.25, -0.2) is 0 Å². The second-order valence-corrected chi connectivity index (χ2v) is 4.69. The van der Waals surface area contributed by atoms with Crippen molar-refractivity contribution in [1.82, 2.24) is 0 Å². The smallest absolute Gasteiger partial charge is 0.200 e. The predicted octanol–water partition coefficient (Wildman–Crippen LogP) is 2.73. The first-order valence-electron chi connectivity index (χ1n) is 6.78. The first-order chi connectivity index (χ1) is 11.0. The van der Waals surface area contributed by atoms with Crippen molar-refractivity contribution in [3.8, 4) is 34.5 Å². The first kappa shape index (κ1) is 16.6. The molecule has 0 atom stereocenters. The second kappa shape index (κ2) is 7.00. The molecule has 6 nitrogen and oxygen atoms in total. The average molecular weight is 319 g/mol. The molecule has 2 N–H and O–H groups in total. The third-order valence-corrected chi connectivity index (χ3v) is 3.34. The molecule has 0 saturated carbocycles. The molecule has 0 aromatic heterocycles. The van der Waals surface area contributed by atoms with Gasteiger partial charge in [-0.1, -0.05) is 0 Å². The van der Waals surface area contributed by atoms with Crippen molar-refractivity contribution >= 4 is 0 Å². The normalized spacial score (nSPS) is 10.3. The molecule has 0 heterocycles. The highest BCUT2D eigenvalue weighted by Crippen LogP contribution is 2.40. The van der Waals surface area contributed by atoms with Crippen LogP contribution in [-0.4, -0.2) is 38.7 Å². The molecule has 0 amide bonds. The summed E-state index contributed by atoms with van der Waals surface area (Å²) in [7, 11) is 5.85. The summed E-state index contributed by atoms with van der Waals surface area (Å²) in [6.07, 6.45) is 1.81. The van der Waals surface area contributed by atoms with E-state index in [1.54, 1.807) is 24.3 Å². The molecule has 0 aliphatic carbocycles. The van der Waals surface area contributed by atoms with E-state index in [2.05, 4.69) is 0 Å². The van der Waals surface area contributed by atoms with Crippen LogP contribution < -0.4 is 18.9 Å². The molecular formula is C17H19O6. The van der Waals surface area contributed by atoms with Crippen LogP contribution in [0.5, 0.6) is 34.5 Å². The molecular weight excluding hydrogens is 300 g/mol. The van der Waals surface area contributed by atoms with E-state index in [0.717, 1.165) is 11.1 Å². The molecule has 0 fully saturated rings. The van der Waals surface area contributed by atoms with Crippen LogP contribution in [0.25, 0.3) is 0 Å². The van der Waals surface area contributed by atoms with Gasteiger partial charge in [0.2, 0.25) is 11.5 Å². The SMILES string of the molecule is COc1cc([CH]c2cc(OC)c(O)c(OC)c2)cc(OC)c1O. The molecule has 0 unspecified atom stereocenters. The van der Waals surface area contributed by atoms with E-state index in [1.807, 2.05) is 6.42 Å². The van der Waals surface area contributed by atoms with E-state index in [9.17, 15) is 10.2 Å². The van der Waals surface area contributed by atoms with Crippen LogP contribution in [0.3, 0.4) is 0 Å². The summed E-state index contributed by atoms with van der Waals surface area (Å²) in [5.74, 6) is 1.07. The zero-order chi connectivity index (χ0) is 17.0. The lowest BCUT2D eigenvalue weighted by Gasteiger charge is -2.13. The average Bonchev–Trinajstić information content (AvgIpc) is 2.57. The number of methoxy groups -OCH3 is 4. The molecule has 0 bridgehead atoms. The van der Waals surface area contributed by atoms with Gasteiger partial charge in [-0.05, 0) is 35.4 Å². The molecule has 2 aromatic carbocycles. The van der Waals surface area contributed by atoms with Crippen LogP contribution in [0, 0.1) is 6.42 Å². The summed E-state index contributed by atoms with van der Waals surface area (Å²) in [6.45, 7) is 0. The van der Waals surface area contributed by atoms with E-state index < -0.39 is 0 Å². The van der Waals surface area contributed by atoms with E-state index >= 15 is 0 Å². The highest BCUT2D eigenvalue weighted by atomic mass is 16.5. The van der Waals surface area contributed by atoms with Gasteiger partial charge in [0.25, 0.3) is 0 Å². The first-order valence-corrected chi connectivity index (χ1v) is 6.78. The van der Waals surface area contributed by atoms with Gasteiger partial charge in [0.1, 0.15) is 0 Å². The van der Waals surface area contributed by atoms with Crippen molar-refractivity contribution in [3.05, 3.63) is 41.8 Å². The van der Waals surface area contributed by atoms with Crippen LogP contribution in [-0.2, 0) is 0 Å². The monoisotopic (exact) mass is 319 g/mol. The molecule has 0 spiro atoms. The largest absolute Gasteiger partial charge is 0.502 e. The summed E-state index contributed by atoms with van der Waals surface area (Å²) in [5.41, 5.74) is 1.48. The van der Waals surface area contributed by atoms with Crippen molar-refractivity contribution in [2.45, 2.75) is 0 Å². The maximum Gasteiger partial charge on any atom is 0.200 e. The summed E-state index contributed by atoms with van der Waals surface area (Å²) in [4.78, 5) is 0. The fraction of sp³-hybridized carbons (Fsp3) is 0.235. The molecule has 1 radical (unpaired) electrons. The quantitative estimate of drug-likeness (QED) is 0.852. The van der Waals surface area contributed by atoms with E-state index in [-0.39, 0.29) is 11.5 Å². The molecule has 0 aliphatic heterocycles. The van der Waals surface area contributed by atoms with Gasteiger partial charge in [0.15, 0.2) is 23.0 Å². The maximum atomic E-state index is 9.94. The lowest BCUT2D eigenvalue weighted by Crippen LogP contribution is -1.95. The van der Waals surface area contributed by atoms with Crippen molar-refractivity contribution in [1.29, 1.82) is 0 Å². The van der Waals surface area contributed by atoms with Crippen LogP contribution in [0.1, 0.15) is 11.1 Å². The van der Waals surface area contributed by atoms with Crippen LogP contribution in [0.4, 0.5) is 0 Å². The number of benzene rings is 2. The predicted molar refractivity (Wildman–Crippen MR) is 84.9 cm³/mol. The Kier molecular flexibility index (Phi) is 5.05. The van der Waals surface area contributed by atoms with Gasteiger partial charge >= 0.3 is 0 Å². The summed E-state index contributed by atoms with van der Waals surface area (Å²) >= 11 is 0. The molecule has 123 valence electrons. The third kappa shape index (κ3) is 3.36. The Morgan fingerprint density at radius 3 is 1.09 bits per heavy atom. The fourth-order valence-electron chi connectivity index (χ4n) is 2.19. The van der Waals surface area contributed by atoms with E-state index in [4.69, 9.17) is 18.9 Å². The number of ether oxygens (including phenoxy) is 4. The molecule has 0 aliphatic rings. The maximum absolute atomic E-state index is 9.94. The van der Waals surface area contributed by atoms with Gasteiger partial charge in [0.05, 0.1) is 28.4 Å². The minimum atomic E-state index is -0.0620. The highest BCUT2D eigenvalue weighted by molar-refractivity contribution is 5.59.